The molecule has 0 amide bonds. The minimum absolute atomic E-state index is 0.0126. The van der Waals surface area contributed by atoms with E-state index in [0.717, 1.165) is 22.3 Å². The number of carbonyl (C=O) groups is 4. The molecular formula is C16H28O4Ti. The molecule has 0 saturated heterocycles. The predicted molar refractivity (Wildman–Crippen MR) is 80.4 cm³/mol. The van der Waals surface area contributed by atoms with Gasteiger partial charge in [-0.2, -0.15) is 0 Å². The summed E-state index contributed by atoms with van der Waals surface area (Å²) in [6.45, 7) is 6.99. The molecule has 0 saturated carbocycles. The average Bonchev–Trinajstić information content (AvgIpc) is 2.26. The molecule has 0 aromatic heterocycles. The monoisotopic (exact) mass is 332 g/mol. The Balaban J connectivity index is 5.04. The Morgan fingerprint density at radius 1 is 0.714 bits per heavy atom. The Kier molecular flexibility index (Phi) is 9.88. The molecule has 0 rings (SSSR count). The molecule has 0 aromatic carbocycles. The minimum atomic E-state index is -2.64. The van der Waals surface area contributed by atoms with Gasteiger partial charge in [0.1, 0.15) is 0 Å². The SMILES string of the molecule is CC[CH2][Ti]([CH2]CC)([CH2]C(=O)CC(C)=O)[CH2]C(=O)CC(C)=O. The zero-order valence-corrected chi connectivity index (χ0v) is 15.4. The number of Topliss-reactive ketones (excluding diaryl/α,β-unsaturated/α-hetero) is 4. The van der Waals surface area contributed by atoms with E-state index in [1.165, 1.54) is 13.8 Å². The first kappa shape index (κ1) is 20.4. The van der Waals surface area contributed by atoms with Gasteiger partial charge in [-0.1, -0.05) is 0 Å². The topological polar surface area (TPSA) is 68.3 Å². The summed E-state index contributed by atoms with van der Waals surface area (Å²) >= 11 is -2.64. The van der Waals surface area contributed by atoms with Gasteiger partial charge in [-0.05, 0) is 0 Å². The van der Waals surface area contributed by atoms with Gasteiger partial charge in [-0.3, -0.25) is 0 Å². The molecule has 0 aliphatic carbocycles. The fourth-order valence-corrected chi connectivity index (χ4v) is 11.1. The fraction of sp³-hybridized carbons (Fsp3) is 0.750. The maximum absolute atomic E-state index is 12.1. The Bertz CT molecular complexity index is 363. The number of rotatable bonds is 12. The van der Waals surface area contributed by atoms with Crippen molar-refractivity contribution in [1.82, 2.24) is 0 Å². The first-order chi connectivity index (χ1) is 9.74. The van der Waals surface area contributed by atoms with Crippen molar-refractivity contribution in [2.45, 2.75) is 72.3 Å². The van der Waals surface area contributed by atoms with Gasteiger partial charge < -0.3 is 0 Å². The molecule has 120 valence electrons. The summed E-state index contributed by atoms with van der Waals surface area (Å²) in [5, 5.41) is 0. The van der Waals surface area contributed by atoms with Crippen LogP contribution in [0.25, 0.3) is 0 Å². The van der Waals surface area contributed by atoms with Crippen molar-refractivity contribution in [1.29, 1.82) is 0 Å². The molecule has 0 aliphatic heterocycles. The van der Waals surface area contributed by atoms with E-state index in [9.17, 15) is 19.2 Å². The van der Waals surface area contributed by atoms with Crippen molar-refractivity contribution in [3.63, 3.8) is 0 Å². The van der Waals surface area contributed by atoms with Gasteiger partial charge in [0.25, 0.3) is 0 Å². The van der Waals surface area contributed by atoms with Crippen LogP contribution >= 0.6 is 0 Å². The third-order valence-electron chi connectivity index (χ3n) is 3.60. The summed E-state index contributed by atoms with van der Waals surface area (Å²) in [6.07, 6.45) is 1.89. The summed E-state index contributed by atoms with van der Waals surface area (Å²) in [6, 6.07) is 0. The standard InChI is InChI=1S/2C5H7O2.2C3H7.Ti/c2*1-4(6)3-5(2)7;2*1-3-2;/h2*1,3H2,2H3;2*1,3H2,2H3;. The van der Waals surface area contributed by atoms with Crippen molar-refractivity contribution in [3.05, 3.63) is 0 Å². The average molecular weight is 332 g/mol. The van der Waals surface area contributed by atoms with Crippen molar-refractivity contribution in [2.24, 2.45) is 0 Å². The van der Waals surface area contributed by atoms with E-state index >= 15 is 0 Å². The predicted octanol–water partition coefficient (Wildman–Crippen LogP) is 3.73. The van der Waals surface area contributed by atoms with Crippen LogP contribution in [0.2, 0.25) is 18.9 Å². The Labute approximate surface area is 131 Å². The Morgan fingerprint density at radius 2 is 1.05 bits per heavy atom. The van der Waals surface area contributed by atoms with Gasteiger partial charge in [-0.25, -0.2) is 0 Å². The molecule has 0 bridgehead atoms. The zero-order chi connectivity index (χ0) is 16.5. The second kappa shape index (κ2) is 10.2. The molecule has 0 aromatic rings. The third kappa shape index (κ3) is 9.10. The number of ketones is 4. The van der Waals surface area contributed by atoms with Crippen LogP contribution in [0.3, 0.4) is 0 Å². The van der Waals surface area contributed by atoms with Crippen LogP contribution in [0.5, 0.6) is 0 Å². The van der Waals surface area contributed by atoms with Gasteiger partial charge in [-0.15, -0.1) is 0 Å². The van der Waals surface area contributed by atoms with Crippen LogP contribution < -0.4 is 0 Å². The summed E-state index contributed by atoms with van der Waals surface area (Å²) < 4.78 is 2.82. The second-order valence-corrected chi connectivity index (χ2v) is 13.5. The molecule has 0 radical (unpaired) electrons. The molecule has 0 spiro atoms. The molecule has 0 N–H and O–H groups in total. The molecule has 0 aliphatic rings. The van der Waals surface area contributed by atoms with Crippen molar-refractivity contribution in [2.75, 3.05) is 0 Å². The van der Waals surface area contributed by atoms with Crippen LogP contribution in [0, 0.1) is 0 Å². The van der Waals surface area contributed by atoms with Gasteiger partial charge >= 0.3 is 131 Å². The second-order valence-electron chi connectivity index (χ2n) is 6.19. The van der Waals surface area contributed by atoms with E-state index < -0.39 is 16.6 Å². The van der Waals surface area contributed by atoms with E-state index in [1.807, 2.05) is 0 Å². The van der Waals surface area contributed by atoms with Crippen molar-refractivity contribution < 1.29 is 35.8 Å². The van der Waals surface area contributed by atoms with E-state index in [0.29, 0.717) is 9.45 Å². The number of carbonyl (C=O) groups excluding carboxylic acids is 4. The van der Waals surface area contributed by atoms with E-state index in [1.54, 1.807) is 0 Å². The van der Waals surface area contributed by atoms with Crippen LogP contribution in [0.15, 0.2) is 0 Å². The van der Waals surface area contributed by atoms with Crippen LogP contribution in [0.1, 0.15) is 53.4 Å². The molecule has 5 heteroatoms. The first-order valence-electron chi connectivity index (χ1n) is 7.77. The summed E-state index contributed by atoms with van der Waals surface area (Å²) in [5.41, 5.74) is 0. The van der Waals surface area contributed by atoms with Gasteiger partial charge in [0.2, 0.25) is 0 Å². The summed E-state index contributed by atoms with van der Waals surface area (Å²) in [4.78, 5) is 46.4. The van der Waals surface area contributed by atoms with Crippen LogP contribution in [-0.2, 0) is 35.8 Å². The quantitative estimate of drug-likeness (QED) is 0.403. The maximum atomic E-state index is 12.1. The van der Waals surface area contributed by atoms with Gasteiger partial charge in [0, 0.05) is 0 Å². The molecule has 0 fully saturated rings. The summed E-state index contributed by atoms with van der Waals surface area (Å²) in [7, 11) is 0. The van der Waals surface area contributed by atoms with Crippen molar-refractivity contribution >= 4 is 23.1 Å². The fourth-order valence-electron chi connectivity index (χ4n) is 3.12. The van der Waals surface area contributed by atoms with Gasteiger partial charge in [0.15, 0.2) is 0 Å². The Hall–Kier alpha value is -0.606. The molecule has 0 atom stereocenters. The normalized spacial score (nSPS) is 11.2. The summed E-state index contributed by atoms with van der Waals surface area (Å²) in [5.74, 6) is -0.251. The molecule has 0 heterocycles. The van der Waals surface area contributed by atoms with E-state index in [4.69, 9.17) is 0 Å². The number of hydrogen-bond donors (Lipinski definition) is 0. The van der Waals surface area contributed by atoms with Crippen molar-refractivity contribution in [3.8, 4) is 0 Å². The zero-order valence-electron chi connectivity index (χ0n) is 13.8. The van der Waals surface area contributed by atoms with E-state index in [-0.39, 0.29) is 36.0 Å². The molecular weight excluding hydrogens is 304 g/mol. The van der Waals surface area contributed by atoms with Crippen LogP contribution in [0.4, 0.5) is 0 Å². The molecule has 0 unspecified atom stereocenters. The van der Waals surface area contributed by atoms with Crippen LogP contribution in [-0.4, -0.2) is 23.1 Å². The Morgan fingerprint density at radius 3 is 1.29 bits per heavy atom. The molecule has 4 nitrogen and oxygen atoms in total. The first-order valence-corrected chi connectivity index (χ1v) is 12.2. The third-order valence-corrected chi connectivity index (χ3v) is 12.0. The van der Waals surface area contributed by atoms with E-state index in [2.05, 4.69) is 13.8 Å². The van der Waals surface area contributed by atoms with Gasteiger partial charge in [0.05, 0.1) is 0 Å². The number of hydrogen-bond acceptors (Lipinski definition) is 4. The molecule has 21 heavy (non-hydrogen) atoms.